The van der Waals surface area contributed by atoms with Crippen molar-refractivity contribution in [1.29, 1.82) is 5.26 Å². The second-order valence-electron chi connectivity index (χ2n) is 5.89. The number of aromatic nitrogens is 1. The third kappa shape index (κ3) is 3.49. The van der Waals surface area contributed by atoms with E-state index in [1.54, 1.807) is 24.3 Å². The maximum Gasteiger partial charge on any atom is 0.339 e. The number of nitriles is 1. The summed E-state index contributed by atoms with van der Waals surface area (Å²) in [5, 5.41) is 14.8. The van der Waals surface area contributed by atoms with Gasteiger partial charge in [0, 0.05) is 11.4 Å². The molecule has 0 saturated heterocycles. The van der Waals surface area contributed by atoms with Gasteiger partial charge >= 0.3 is 12.0 Å². The van der Waals surface area contributed by atoms with E-state index in [1.165, 1.54) is 7.11 Å². The van der Waals surface area contributed by atoms with E-state index in [0.29, 0.717) is 18.5 Å². The number of rotatable bonds is 3. The molecule has 132 valence electrons. The minimum atomic E-state index is -0.589. The number of esters is 1. The molecular weight excluding hydrogens is 332 g/mol. The summed E-state index contributed by atoms with van der Waals surface area (Å²) in [5.41, 5.74) is 2.31. The highest BCUT2D eigenvalue weighted by Gasteiger charge is 2.27. The van der Waals surface area contributed by atoms with Crippen LogP contribution in [0.4, 0.5) is 16.3 Å². The van der Waals surface area contributed by atoms with Gasteiger partial charge < -0.3 is 10.1 Å². The fraction of sp³-hybridized carbons (Fsp3) is 0.263. The van der Waals surface area contributed by atoms with Crippen LogP contribution >= 0.6 is 0 Å². The number of nitrogens with one attached hydrogen (secondary N) is 2. The van der Waals surface area contributed by atoms with Crippen LogP contribution in [-0.4, -0.2) is 24.1 Å². The maximum absolute atomic E-state index is 12.3. The molecule has 1 aliphatic rings. The van der Waals surface area contributed by atoms with Crippen LogP contribution in [-0.2, 0) is 17.6 Å². The number of hydrogen-bond donors (Lipinski definition) is 2. The number of anilines is 2. The minimum Gasteiger partial charge on any atom is -0.465 e. The molecule has 0 saturated carbocycles. The topological polar surface area (TPSA) is 104 Å². The van der Waals surface area contributed by atoms with Gasteiger partial charge in [-0.1, -0.05) is 18.2 Å². The number of nitrogens with zero attached hydrogens (tertiary/aromatic N) is 2. The second-order valence-corrected chi connectivity index (χ2v) is 5.89. The Morgan fingerprint density at radius 1 is 1.15 bits per heavy atom. The van der Waals surface area contributed by atoms with Gasteiger partial charge in [-0.15, -0.1) is 0 Å². The molecule has 2 amide bonds. The minimum absolute atomic E-state index is 0.0284. The molecule has 1 aliphatic carbocycles. The summed E-state index contributed by atoms with van der Waals surface area (Å²) in [6.45, 7) is 0. The van der Waals surface area contributed by atoms with E-state index in [2.05, 4.69) is 15.6 Å². The van der Waals surface area contributed by atoms with Gasteiger partial charge in [0.2, 0.25) is 0 Å². The fourth-order valence-corrected chi connectivity index (χ4v) is 3.06. The second kappa shape index (κ2) is 7.66. The quantitative estimate of drug-likeness (QED) is 0.827. The summed E-state index contributed by atoms with van der Waals surface area (Å²) in [4.78, 5) is 29.0. The zero-order valence-electron chi connectivity index (χ0n) is 14.3. The van der Waals surface area contributed by atoms with E-state index in [9.17, 15) is 14.9 Å². The summed E-state index contributed by atoms with van der Waals surface area (Å²) < 4.78 is 4.85. The monoisotopic (exact) mass is 350 g/mol. The van der Waals surface area contributed by atoms with Gasteiger partial charge in [0.25, 0.3) is 0 Å². The third-order valence-corrected chi connectivity index (χ3v) is 4.24. The Balaban J connectivity index is 1.97. The molecule has 0 unspecified atom stereocenters. The van der Waals surface area contributed by atoms with Gasteiger partial charge in [0.05, 0.1) is 12.7 Å². The summed E-state index contributed by atoms with van der Waals surface area (Å²) in [5.74, 6) is -0.518. The highest BCUT2D eigenvalue weighted by molar-refractivity contribution is 6.02. The van der Waals surface area contributed by atoms with Gasteiger partial charge in [-0.05, 0) is 43.4 Å². The molecule has 0 bridgehead atoms. The lowest BCUT2D eigenvalue weighted by Crippen LogP contribution is -2.24. The Kier molecular flexibility index (Phi) is 5.13. The first-order chi connectivity index (χ1) is 12.6. The number of hydrogen-bond acceptors (Lipinski definition) is 5. The molecular formula is C19H18N4O3. The van der Waals surface area contributed by atoms with Crippen molar-refractivity contribution in [2.45, 2.75) is 25.7 Å². The normalized spacial score (nSPS) is 12.5. The number of aryl methyl sites for hydroxylation is 1. The van der Waals surface area contributed by atoms with Crippen LogP contribution in [0.3, 0.4) is 0 Å². The number of pyridine rings is 1. The van der Waals surface area contributed by atoms with Crippen LogP contribution in [0.2, 0.25) is 0 Å². The predicted molar refractivity (Wildman–Crippen MR) is 96.0 cm³/mol. The van der Waals surface area contributed by atoms with Crippen molar-refractivity contribution in [2.24, 2.45) is 0 Å². The Bertz CT molecular complexity index is 888. The first-order valence-electron chi connectivity index (χ1n) is 8.31. The summed E-state index contributed by atoms with van der Waals surface area (Å²) >= 11 is 0. The molecule has 2 N–H and O–H groups in total. The van der Waals surface area contributed by atoms with E-state index in [1.807, 2.05) is 12.1 Å². The lowest BCUT2D eigenvalue weighted by Gasteiger charge is -2.20. The number of fused-ring (bicyclic) bond motifs is 1. The molecule has 1 aromatic heterocycles. The molecule has 1 aromatic carbocycles. The Hall–Kier alpha value is -3.40. The zero-order chi connectivity index (χ0) is 18.5. The van der Waals surface area contributed by atoms with Crippen molar-refractivity contribution in [2.75, 3.05) is 17.7 Å². The Labute approximate surface area is 151 Å². The maximum atomic E-state index is 12.3. The summed E-state index contributed by atoms with van der Waals surface area (Å²) in [6, 6.07) is 10.4. The van der Waals surface area contributed by atoms with Crippen molar-refractivity contribution in [1.82, 2.24) is 4.98 Å². The first-order valence-corrected chi connectivity index (χ1v) is 8.31. The van der Waals surface area contributed by atoms with Gasteiger partial charge in [-0.3, -0.25) is 5.32 Å². The van der Waals surface area contributed by atoms with Crippen molar-refractivity contribution in [3.63, 3.8) is 0 Å². The highest BCUT2D eigenvalue weighted by atomic mass is 16.5. The lowest BCUT2D eigenvalue weighted by molar-refractivity contribution is 0.0598. The standard InChI is InChI=1S/C19H18N4O3/c1-26-18(24)16-13-9-5-6-10-15(13)22-17(14(16)11-20)23-19(25)21-12-7-3-2-4-8-12/h2-4,7-8H,5-6,9-10H2,1H3,(H2,21,22,23,25). The SMILES string of the molecule is COC(=O)c1c(C#N)c(NC(=O)Nc2ccccc2)nc2c1CCCC2. The number of carbonyl (C=O) groups excluding carboxylic acids is 2. The largest absolute Gasteiger partial charge is 0.465 e. The van der Waals surface area contributed by atoms with Gasteiger partial charge in [-0.2, -0.15) is 5.26 Å². The Morgan fingerprint density at radius 3 is 2.58 bits per heavy atom. The predicted octanol–water partition coefficient (Wildman–Crippen LogP) is 3.26. The Morgan fingerprint density at radius 2 is 1.88 bits per heavy atom. The molecule has 7 heteroatoms. The van der Waals surface area contributed by atoms with Crippen molar-refractivity contribution in [3.8, 4) is 6.07 Å². The molecule has 26 heavy (non-hydrogen) atoms. The van der Waals surface area contributed by atoms with Crippen molar-refractivity contribution < 1.29 is 14.3 Å². The molecule has 0 fully saturated rings. The van der Waals surface area contributed by atoms with E-state index in [4.69, 9.17) is 4.74 Å². The fourth-order valence-electron chi connectivity index (χ4n) is 3.06. The zero-order valence-corrected chi connectivity index (χ0v) is 14.3. The van der Waals surface area contributed by atoms with Crippen molar-refractivity contribution >= 4 is 23.5 Å². The molecule has 1 heterocycles. The van der Waals surface area contributed by atoms with Crippen LogP contribution < -0.4 is 10.6 Å². The smallest absolute Gasteiger partial charge is 0.339 e. The number of carbonyl (C=O) groups is 2. The van der Waals surface area contributed by atoms with Crippen molar-refractivity contribution in [3.05, 3.63) is 52.7 Å². The van der Waals surface area contributed by atoms with E-state index in [-0.39, 0.29) is 16.9 Å². The molecule has 2 aromatic rings. The number of para-hydroxylation sites is 1. The lowest BCUT2D eigenvalue weighted by atomic mass is 9.90. The summed E-state index contributed by atoms with van der Waals surface area (Å²) in [7, 11) is 1.27. The van der Waals surface area contributed by atoms with Gasteiger partial charge in [0.15, 0.2) is 5.82 Å². The third-order valence-electron chi connectivity index (χ3n) is 4.24. The highest BCUT2D eigenvalue weighted by Crippen LogP contribution is 2.30. The van der Waals surface area contributed by atoms with Gasteiger partial charge in [-0.25, -0.2) is 14.6 Å². The number of ether oxygens (including phenoxy) is 1. The van der Waals surface area contributed by atoms with Crippen LogP contribution in [0.5, 0.6) is 0 Å². The molecule has 0 atom stereocenters. The van der Waals surface area contributed by atoms with Crippen LogP contribution in [0, 0.1) is 11.3 Å². The average Bonchev–Trinajstić information content (AvgIpc) is 2.67. The van der Waals surface area contributed by atoms with Crippen LogP contribution in [0.25, 0.3) is 0 Å². The number of amides is 2. The molecule has 7 nitrogen and oxygen atoms in total. The number of urea groups is 1. The van der Waals surface area contributed by atoms with E-state index >= 15 is 0 Å². The van der Waals surface area contributed by atoms with Crippen LogP contribution in [0.15, 0.2) is 30.3 Å². The van der Waals surface area contributed by atoms with Crippen LogP contribution in [0.1, 0.15) is 40.0 Å². The first kappa shape index (κ1) is 17.4. The van der Waals surface area contributed by atoms with E-state index in [0.717, 1.165) is 24.1 Å². The number of benzene rings is 1. The molecule has 0 radical (unpaired) electrons. The summed E-state index contributed by atoms with van der Waals surface area (Å²) in [6.07, 6.45) is 3.23. The molecule has 0 spiro atoms. The molecule has 0 aliphatic heterocycles. The van der Waals surface area contributed by atoms with Gasteiger partial charge in [0.1, 0.15) is 11.6 Å². The number of methoxy groups -OCH3 is 1. The average molecular weight is 350 g/mol. The van der Waals surface area contributed by atoms with E-state index < -0.39 is 12.0 Å². The molecule has 3 rings (SSSR count).